The molecule has 1 aliphatic carbocycles. The number of anilines is 1. The fourth-order valence-electron chi connectivity index (χ4n) is 2.75. The maximum Gasteiger partial charge on any atom is 0.270 e. The first-order valence-electron chi connectivity index (χ1n) is 8.51. The summed E-state index contributed by atoms with van der Waals surface area (Å²) in [5, 5.41) is 6.38. The van der Waals surface area contributed by atoms with Gasteiger partial charge in [0.2, 0.25) is 5.95 Å². The Morgan fingerprint density at radius 1 is 1.27 bits per heavy atom. The van der Waals surface area contributed by atoms with Crippen LogP contribution in [0.1, 0.15) is 75.0 Å². The fraction of sp³-hybridized carbons (Fsp3) is 0.706. The Morgan fingerprint density at radius 2 is 1.95 bits per heavy atom. The van der Waals surface area contributed by atoms with Gasteiger partial charge in [0, 0.05) is 17.8 Å². The number of carbonyl (C=O) groups is 1. The van der Waals surface area contributed by atoms with Crippen molar-refractivity contribution in [2.45, 2.75) is 77.8 Å². The van der Waals surface area contributed by atoms with Gasteiger partial charge in [0.25, 0.3) is 5.91 Å². The number of hydrogen-bond acceptors (Lipinski definition) is 4. The normalized spacial score (nSPS) is 17.6. The summed E-state index contributed by atoms with van der Waals surface area (Å²) < 4.78 is 0. The van der Waals surface area contributed by atoms with E-state index >= 15 is 0 Å². The number of hydrogen-bond donors (Lipinski definition) is 2. The molecule has 2 rings (SSSR count). The molecule has 1 aromatic rings. The summed E-state index contributed by atoms with van der Waals surface area (Å²) in [5.41, 5.74) is 1.27. The maximum atomic E-state index is 12.5. The third-order valence-electron chi connectivity index (χ3n) is 4.27. The van der Waals surface area contributed by atoms with Gasteiger partial charge in [-0.25, -0.2) is 9.97 Å². The van der Waals surface area contributed by atoms with E-state index < -0.39 is 0 Å². The van der Waals surface area contributed by atoms with Crippen LogP contribution in [0.25, 0.3) is 0 Å². The van der Waals surface area contributed by atoms with Crippen LogP contribution >= 0.6 is 0 Å². The zero-order chi connectivity index (χ0) is 15.9. The van der Waals surface area contributed by atoms with Crippen LogP contribution in [0.4, 0.5) is 5.95 Å². The van der Waals surface area contributed by atoms with Crippen molar-refractivity contribution >= 4 is 11.9 Å². The van der Waals surface area contributed by atoms with Gasteiger partial charge in [-0.15, -0.1) is 0 Å². The predicted octanol–water partition coefficient (Wildman–Crippen LogP) is 3.45. The molecule has 0 bridgehead atoms. The molecule has 1 heterocycles. The molecule has 22 heavy (non-hydrogen) atoms. The van der Waals surface area contributed by atoms with Crippen molar-refractivity contribution in [2.75, 3.05) is 5.32 Å². The fourth-order valence-corrected chi connectivity index (χ4v) is 2.75. The number of nitrogens with one attached hydrogen (secondary N) is 2. The summed E-state index contributed by atoms with van der Waals surface area (Å²) in [6.45, 7) is 6.08. The molecule has 122 valence electrons. The highest BCUT2D eigenvalue weighted by atomic mass is 16.1. The Balaban J connectivity index is 2.04. The minimum absolute atomic E-state index is 0.0791. The number of aryl methyl sites for hydroxylation is 1. The van der Waals surface area contributed by atoms with E-state index in [9.17, 15) is 4.79 Å². The second-order valence-corrected chi connectivity index (χ2v) is 6.33. The lowest BCUT2D eigenvalue weighted by molar-refractivity contribution is 0.0928. The molecular weight excluding hydrogens is 276 g/mol. The molecular formula is C17H28N4O. The van der Waals surface area contributed by atoms with Gasteiger partial charge in [-0.3, -0.25) is 4.79 Å². The highest BCUT2D eigenvalue weighted by Gasteiger charge is 2.17. The number of aromatic nitrogens is 2. The van der Waals surface area contributed by atoms with E-state index in [0.717, 1.165) is 25.0 Å². The standard InChI is InChI=1S/C17H28N4O/c1-4-12(2)18-17-19-13(3)11-15(21-17)16(22)20-14-9-7-5-6-8-10-14/h11-12,14H,4-10H2,1-3H3,(H,20,22)(H,18,19,21). The molecule has 0 saturated heterocycles. The summed E-state index contributed by atoms with van der Waals surface area (Å²) in [7, 11) is 0. The van der Waals surface area contributed by atoms with Gasteiger partial charge in [0.05, 0.1) is 0 Å². The van der Waals surface area contributed by atoms with E-state index in [1.165, 1.54) is 25.7 Å². The van der Waals surface area contributed by atoms with Crippen LogP contribution < -0.4 is 10.6 Å². The second-order valence-electron chi connectivity index (χ2n) is 6.33. The minimum Gasteiger partial charge on any atom is -0.352 e. The Hall–Kier alpha value is -1.65. The lowest BCUT2D eigenvalue weighted by Crippen LogP contribution is -2.35. The van der Waals surface area contributed by atoms with E-state index in [1.54, 1.807) is 6.07 Å². The quantitative estimate of drug-likeness (QED) is 0.818. The zero-order valence-corrected chi connectivity index (χ0v) is 14.0. The van der Waals surface area contributed by atoms with Crippen LogP contribution in [0.5, 0.6) is 0 Å². The zero-order valence-electron chi connectivity index (χ0n) is 14.0. The van der Waals surface area contributed by atoms with E-state index in [1.807, 2.05) is 6.92 Å². The average molecular weight is 304 g/mol. The largest absolute Gasteiger partial charge is 0.352 e. The summed E-state index contributed by atoms with van der Waals surface area (Å²) in [6.07, 6.45) is 8.11. The van der Waals surface area contributed by atoms with Gasteiger partial charge in [0.15, 0.2) is 0 Å². The molecule has 1 atom stereocenters. The monoisotopic (exact) mass is 304 g/mol. The molecule has 1 fully saturated rings. The van der Waals surface area contributed by atoms with Gasteiger partial charge in [0.1, 0.15) is 5.69 Å². The van der Waals surface area contributed by atoms with Crippen molar-refractivity contribution in [3.8, 4) is 0 Å². The van der Waals surface area contributed by atoms with E-state index in [4.69, 9.17) is 0 Å². The van der Waals surface area contributed by atoms with E-state index in [2.05, 4.69) is 34.4 Å². The van der Waals surface area contributed by atoms with Crippen molar-refractivity contribution in [1.82, 2.24) is 15.3 Å². The minimum atomic E-state index is -0.0791. The number of rotatable bonds is 5. The number of amides is 1. The summed E-state index contributed by atoms with van der Waals surface area (Å²) >= 11 is 0. The first kappa shape index (κ1) is 16.7. The summed E-state index contributed by atoms with van der Waals surface area (Å²) in [4.78, 5) is 21.2. The number of carbonyl (C=O) groups excluding carboxylic acids is 1. The first-order valence-corrected chi connectivity index (χ1v) is 8.51. The van der Waals surface area contributed by atoms with Crippen LogP contribution in [0.2, 0.25) is 0 Å². The van der Waals surface area contributed by atoms with Gasteiger partial charge >= 0.3 is 0 Å². The molecule has 0 radical (unpaired) electrons. The van der Waals surface area contributed by atoms with Crippen molar-refractivity contribution in [1.29, 1.82) is 0 Å². The first-order chi connectivity index (χ1) is 10.6. The van der Waals surface area contributed by atoms with Crippen molar-refractivity contribution < 1.29 is 4.79 Å². The summed E-state index contributed by atoms with van der Waals surface area (Å²) in [6, 6.07) is 2.34. The predicted molar refractivity (Wildman–Crippen MR) is 89.1 cm³/mol. The van der Waals surface area contributed by atoms with Crippen LogP contribution in [0.15, 0.2) is 6.07 Å². The van der Waals surface area contributed by atoms with Crippen LogP contribution in [-0.4, -0.2) is 28.0 Å². The molecule has 0 aromatic carbocycles. The van der Waals surface area contributed by atoms with Gasteiger partial charge < -0.3 is 10.6 Å². The van der Waals surface area contributed by atoms with Gasteiger partial charge in [-0.2, -0.15) is 0 Å². The Labute approximate surface area is 133 Å². The SMILES string of the molecule is CCC(C)Nc1nc(C)cc(C(=O)NC2CCCCCC2)n1. The molecule has 1 unspecified atom stereocenters. The van der Waals surface area contributed by atoms with Crippen LogP contribution in [0, 0.1) is 6.92 Å². The lowest BCUT2D eigenvalue weighted by Gasteiger charge is -2.17. The van der Waals surface area contributed by atoms with Crippen molar-refractivity contribution in [2.24, 2.45) is 0 Å². The van der Waals surface area contributed by atoms with Gasteiger partial charge in [-0.1, -0.05) is 32.6 Å². The molecule has 1 aromatic heterocycles. The van der Waals surface area contributed by atoms with Crippen molar-refractivity contribution in [3.63, 3.8) is 0 Å². The number of nitrogens with zero attached hydrogens (tertiary/aromatic N) is 2. The third-order valence-corrected chi connectivity index (χ3v) is 4.27. The molecule has 2 N–H and O–H groups in total. The lowest BCUT2D eigenvalue weighted by atomic mass is 10.1. The van der Waals surface area contributed by atoms with E-state index in [-0.39, 0.29) is 11.9 Å². The third kappa shape index (κ3) is 4.97. The molecule has 1 aliphatic rings. The summed E-state index contributed by atoms with van der Waals surface area (Å²) in [5.74, 6) is 0.463. The Bertz CT molecular complexity index is 495. The molecule has 1 saturated carbocycles. The maximum absolute atomic E-state index is 12.5. The smallest absolute Gasteiger partial charge is 0.270 e. The van der Waals surface area contributed by atoms with Gasteiger partial charge in [-0.05, 0) is 39.2 Å². The molecule has 0 spiro atoms. The van der Waals surface area contributed by atoms with E-state index in [0.29, 0.717) is 17.7 Å². The Morgan fingerprint density at radius 3 is 2.59 bits per heavy atom. The second kappa shape index (κ2) is 8.11. The van der Waals surface area contributed by atoms with Crippen LogP contribution in [0.3, 0.4) is 0 Å². The highest BCUT2D eigenvalue weighted by Crippen LogP contribution is 2.17. The molecule has 1 amide bonds. The average Bonchev–Trinajstić information content (AvgIpc) is 2.75. The topological polar surface area (TPSA) is 66.9 Å². The van der Waals surface area contributed by atoms with Crippen LogP contribution in [-0.2, 0) is 0 Å². The molecule has 5 heteroatoms. The molecule has 5 nitrogen and oxygen atoms in total. The van der Waals surface area contributed by atoms with Crippen molar-refractivity contribution in [3.05, 3.63) is 17.5 Å². The Kier molecular flexibility index (Phi) is 6.16. The molecule has 0 aliphatic heterocycles. The highest BCUT2D eigenvalue weighted by molar-refractivity contribution is 5.92.